The number of anilines is 2. The highest BCUT2D eigenvalue weighted by Gasteiger charge is 2.24. The molecule has 1 saturated heterocycles. The molecule has 1 aliphatic heterocycles. The standard InChI is InChI=1S/C19H18N6O/c20-10-14-4-3-7-21-19(14)25-9-8-24(12-15(26)13-25)18-11-22-16-5-1-2-6-17(16)23-18/h1-7,11,15,26H,8-9,12-13H2. The molecule has 26 heavy (non-hydrogen) atoms. The Morgan fingerprint density at radius 1 is 1.00 bits per heavy atom. The monoisotopic (exact) mass is 346 g/mol. The maximum atomic E-state index is 10.5. The van der Waals surface area contributed by atoms with Gasteiger partial charge in [-0.1, -0.05) is 12.1 Å². The Kier molecular flexibility index (Phi) is 4.33. The predicted molar refractivity (Wildman–Crippen MR) is 98.9 cm³/mol. The summed E-state index contributed by atoms with van der Waals surface area (Å²) in [5, 5.41) is 19.8. The van der Waals surface area contributed by atoms with Crippen molar-refractivity contribution >= 4 is 22.7 Å². The van der Waals surface area contributed by atoms with Gasteiger partial charge in [0.05, 0.1) is 28.9 Å². The van der Waals surface area contributed by atoms with Crippen LogP contribution in [-0.4, -0.2) is 52.3 Å². The number of benzene rings is 1. The van der Waals surface area contributed by atoms with Gasteiger partial charge in [-0.25, -0.2) is 9.97 Å². The Morgan fingerprint density at radius 3 is 2.62 bits per heavy atom. The summed E-state index contributed by atoms with van der Waals surface area (Å²) >= 11 is 0. The van der Waals surface area contributed by atoms with Gasteiger partial charge in [0.1, 0.15) is 17.7 Å². The van der Waals surface area contributed by atoms with Crippen molar-refractivity contribution in [1.29, 1.82) is 5.26 Å². The summed E-state index contributed by atoms with van der Waals surface area (Å²) in [6.45, 7) is 2.17. The summed E-state index contributed by atoms with van der Waals surface area (Å²) in [5.74, 6) is 1.35. The van der Waals surface area contributed by atoms with Crippen molar-refractivity contribution in [2.45, 2.75) is 6.10 Å². The number of β-amino-alcohol motifs (C(OH)–C–C–N with tert-alkyl or cyclic N) is 1. The molecule has 0 aliphatic carbocycles. The first-order valence-electron chi connectivity index (χ1n) is 8.49. The minimum atomic E-state index is -0.584. The van der Waals surface area contributed by atoms with Crippen LogP contribution in [0.2, 0.25) is 0 Å². The van der Waals surface area contributed by atoms with Crippen molar-refractivity contribution in [3.63, 3.8) is 0 Å². The maximum Gasteiger partial charge on any atom is 0.147 e. The maximum absolute atomic E-state index is 10.5. The largest absolute Gasteiger partial charge is 0.389 e. The predicted octanol–water partition coefficient (Wildman–Crippen LogP) is 1.58. The third-order valence-corrected chi connectivity index (χ3v) is 4.47. The Bertz CT molecular complexity index is 969. The first-order chi connectivity index (χ1) is 12.7. The van der Waals surface area contributed by atoms with Crippen LogP contribution in [0.1, 0.15) is 5.56 Å². The van der Waals surface area contributed by atoms with Gasteiger partial charge >= 0.3 is 0 Å². The average Bonchev–Trinajstić information content (AvgIpc) is 2.89. The zero-order chi connectivity index (χ0) is 17.9. The van der Waals surface area contributed by atoms with E-state index < -0.39 is 6.10 Å². The van der Waals surface area contributed by atoms with E-state index in [2.05, 4.69) is 21.0 Å². The molecule has 0 spiro atoms. The number of nitriles is 1. The van der Waals surface area contributed by atoms with Crippen LogP contribution in [0, 0.1) is 11.3 Å². The van der Waals surface area contributed by atoms with Crippen LogP contribution in [0.4, 0.5) is 11.6 Å². The molecule has 0 amide bonds. The summed E-state index contributed by atoms with van der Waals surface area (Å²) in [6, 6.07) is 13.4. The molecule has 1 fully saturated rings. The SMILES string of the molecule is N#Cc1cccnc1N1CCN(c2cnc3ccccc3n2)CC(O)C1. The van der Waals surface area contributed by atoms with Gasteiger partial charge in [-0.2, -0.15) is 5.26 Å². The molecule has 4 rings (SSSR count). The Hall–Kier alpha value is -3.24. The van der Waals surface area contributed by atoms with Gasteiger partial charge in [0.25, 0.3) is 0 Å². The molecule has 1 atom stereocenters. The average molecular weight is 346 g/mol. The summed E-state index contributed by atoms with van der Waals surface area (Å²) in [6.07, 6.45) is 2.82. The second kappa shape index (κ2) is 6.94. The number of rotatable bonds is 2. The quantitative estimate of drug-likeness (QED) is 0.753. The minimum Gasteiger partial charge on any atom is -0.389 e. The summed E-state index contributed by atoms with van der Waals surface area (Å²) in [7, 11) is 0. The number of aliphatic hydroxyl groups is 1. The molecule has 1 unspecified atom stereocenters. The van der Waals surface area contributed by atoms with Crippen LogP contribution in [0.15, 0.2) is 48.8 Å². The van der Waals surface area contributed by atoms with Gasteiger partial charge in [-0.3, -0.25) is 4.98 Å². The number of pyridine rings is 1. The van der Waals surface area contributed by atoms with E-state index in [-0.39, 0.29) is 0 Å². The van der Waals surface area contributed by atoms with Crippen LogP contribution in [0.3, 0.4) is 0 Å². The fourth-order valence-electron chi connectivity index (χ4n) is 3.23. The van der Waals surface area contributed by atoms with Gasteiger partial charge in [0, 0.05) is 32.4 Å². The summed E-state index contributed by atoms with van der Waals surface area (Å²) < 4.78 is 0. The number of hydrogen-bond donors (Lipinski definition) is 1. The molecule has 3 heterocycles. The van der Waals surface area contributed by atoms with Gasteiger partial charge in [0.2, 0.25) is 0 Å². The molecule has 3 aromatic rings. The number of aromatic nitrogens is 3. The van der Waals surface area contributed by atoms with Crippen molar-refractivity contribution in [1.82, 2.24) is 15.0 Å². The minimum absolute atomic E-state index is 0.420. The lowest BCUT2D eigenvalue weighted by molar-refractivity contribution is 0.190. The molecule has 1 aromatic carbocycles. The highest BCUT2D eigenvalue weighted by molar-refractivity contribution is 5.75. The fraction of sp³-hybridized carbons (Fsp3) is 0.263. The molecule has 2 aromatic heterocycles. The molecule has 7 heteroatoms. The molecule has 130 valence electrons. The Labute approximate surface area is 151 Å². The third kappa shape index (κ3) is 3.15. The van der Waals surface area contributed by atoms with Crippen LogP contribution in [-0.2, 0) is 0 Å². The number of para-hydroxylation sites is 2. The van der Waals surface area contributed by atoms with Crippen LogP contribution in [0.5, 0.6) is 0 Å². The second-order valence-corrected chi connectivity index (χ2v) is 6.25. The van der Waals surface area contributed by atoms with Gasteiger partial charge in [-0.05, 0) is 24.3 Å². The second-order valence-electron chi connectivity index (χ2n) is 6.25. The van der Waals surface area contributed by atoms with Crippen LogP contribution < -0.4 is 9.80 Å². The van der Waals surface area contributed by atoms with E-state index in [0.29, 0.717) is 37.6 Å². The molecule has 0 saturated carbocycles. The van der Waals surface area contributed by atoms with Crippen LogP contribution >= 0.6 is 0 Å². The zero-order valence-corrected chi connectivity index (χ0v) is 14.2. The van der Waals surface area contributed by atoms with E-state index in [1.807, 2.05) is 34.1 Å². The Morgan fingerprint density at radius 2 is 1.77 bits per heavy atom. The molecular weight excluding hydrogens is 328 g/mol. The summed E-state index contributed by atoms with van der Waals surface area (Å²) in [4.78, 5) is 17.5. The first kappa shape index (κ1) is 16.2. The van der Waals surface area contributed by atoms with E-state index in [1.165, 1.54) is 0 Å². The van der Waals surface area contributed by atoms with Gasteiger partial charge in [0.15, 0.2) is 0 Å². The number of fused-ring (bicyclic) bond motifs is 1. The van der Waals surface area contributed by atoms with Crippen molar-refractivity contribution in [2.75, 3.05) is 36.0 Å². The van der Waals surface area contributed by atoms with E-state index in [9.17, 15) is 10.4 Å². The fourth-order valence-corrected chi connectivity index (χ4v) is 3.23. The first-order valence-corrected chi connectivity index (χ1v) is 8.49. The van der Waals surface area contributed by atoms with E-state index >= 15 is 0 Å². The lowest BCUT2D eigenvalue weighted by Gasteiger charge is -2.23. The van der Waals surface area contributed by atoms with Crippen LogP contribution in [0.25, 0.3) is 11.0 Å². The van der Waals surface area contributed by atoms with Crippen molar-refractivity contribution in [3.05, 3.63) is 54.4 Å². The third-order valence-electron chi connectivity index (χ3n) is 4.47. The van der Waals surface area contributed by atoms with E-state index in [1.54, 1.807) is 24.5 Å². The number of aliphatic hydroxyl groups excluding tert-OH is 1. The molecule has 0 bridgehead atoms. The number of hydrogen-bond acceptors (Lipinski definition) is 7. The van der Waals surface area contributed by atoms with E-state index in [0.717, 1.165) is 16.9 Å². The smallest absolute Gasteiger partial charge is 0.147 e. The van der Waals surface area contributed by atoms with Crippen molar-refractivity contribution in [3.8, 4) is 6.07 Å². The normalized spacial score (nSPS) is 17.8. The molecular formula is C19H18N6O. The zero-order valence-electron chi connectivity index (χ0n) is 14.2. The summed E-state index contributed by atoms with van der Waals surface area (Å²) in [5.41, 5.74) is 2.19. The molecule has 7 nitrogen and oxygen atoms in total. The van der Waals surface area contributed by atoms with Crippen molar-refractivity contribution in [2.24, 2.45) is 0 Å². The van der Waals surface area contributed by atoms with Gasteiger partial charge in [-0.15, -0.1) is 0 Å². The lowest BCUT2D eigenvalue weighted by Crippen LogP contribution is -2.34. The molecule has 1 N–H and O–H groups in total. The highest BCUT2D eigenvalue weighted by atomic mass is 16.3. The molecule has 0 radical (unpaired) electrons. The number of nitrogens with zero attached hydrogens (tertiary/aromatic N) is 6. The molecule has 1 aliphatic rings. The Balaban J connectivity index is 1.60. The lowest BCUT2D eigenvalue weighted by atomic mass is 10.2. The highest BCUT2D eigenvalue weighted by Crippen LogP contribution is 2.21. The van der Waals surface area contributed by atoms with Crippen molar-refractivity contribution < 1.29 is 5.11 Å². The van der Waals surface area contributed by atoms with E-state index in [4.69, 9.17) is 0 Å². The topological polar surface area (TPSA) is 89.2 Å². The van der Waals surface area contributed by atoms with Gasteiger partial charge < -0.3 is 14.9 Å².